The van der Waals surface area contributed by atoms with Crippen molar-refractivity contribution in [3.63, 3.8) is 0 Å². The first-order valence-corrected chi connectivity index (χ1v) is 11.8. The Morgan fingerprint density at radius 2 is 1.85 bits per heavy atom. The Bertz CT molecular complexity index is 1200. The van der Waals surface area contributed by atoms with Crippen molar-refractivity contribution in [2.24, 2.45) is 0 Å². The van der Waals surface area contributed by atoms with Crippen LogP contribution in [0.3, 0.4) is 0 Å². The molecule has 0 saturated carbocycles. The summed E-state index contributed by atoms with van der Waals surface area (Å²) in [7, 11) is -1.50. The van der Waals surface area contributed by atoms with Crippen LogP contribution < -0.4 is 14.2 Å². The molecule has 3 rings (SSSR count). The largest absolute Gasteiger partial charge is 0.527 e. The molecule has 33 heavy (non-hydrogen) atoms. The molecule has 0 aliphatic carbocycles. The number of hydrogen-bond acceptors (Lipinski definition) is 7. The molecule has 1 heterocycles. The molecular formula is C22H28N3O7P. The van der Waals surface area contributed by atoms with Gasteiger partial charge in [0.25, 0.3) is 0 Å². The normalized spacial score (nSPS) is 11.6. The SMILES string of the molecule is CCN(C)c1cc(-n2c(-c3cc(C(C)C)c(O)cc3O)cnc2OP(=O)(O)O)ccc1OC. The Balaban J connectivity index is 2.31. The monoisotopic (exact) mass is 477 g/mol. The first kappa shape index (κ1) is 24.4. The molecule has 0 radical (unpaired) electrons. The van der Waals surface area contributed by atoms with E-state index in [-0.39, 0.29) is 23.4 Å². The van der Waals surface area contributed by atoms with Gasteiger partial charge in [-0.05, 0) is 42.7 Å². The lowest BCUT2D eigenvalue weighted by Gasteiger charge is -2.22. The third kappa shape index (κ3) is 5.08. The topological polar surface area (TPSA) is 138 Å². The number of rotatable bonds is 8. The summed E-state index contributed by atoms with van der Waals surface area (Å²) in [6.45, 7) is 6.44. The fourth-order valence-electron chi connectivity index (χ4n) is 3.49. The minimum atomic E-state index is -4.93. The lowest BCUT2D eigenvalue weighted by atomic mass is 9.97. The lowest BCUT2D eigenvalue weighted by molar-refractivity contribution is 0.274. The number of imidazole rings is 1. The van der Waals surface area contributed by atoms with Gasteiger partial charge >= 0.3 is 13.8 Å². The number of phenols is 2. The van der Waals surface area contributed by atoms with E-state index >= 15 is 0 Å². The number of benzene rings is 2. The molecule has 0 amide bonds. The molecule has 1 aromatic heterocycles. The van der Waals surface area contributed by atoms with Crippen molar-refractivity contribution in [1.82, 2.24) is 9.55 Å². The average Bonchev–Trinajstić information content (AvgIpc) is 3.13. The van der Waals surface area contributed by atoms with E-state index in [1.165, 1.54) is 16.8 Å². The van der Waals surface area contributed by atoms with Gasteiger partial charge in [0, 0.05) is 25.2 Å². The Morgan fingerprint density at radius 1 is 1.15 bits per heavy atom. The molecule has 0 unspecified atom stereocenters. The van der Waals surface area contributed by atoms with E-state index in [1.54, 1.807) is 31.4 Å². The second-order valence-electron chi connectivity index (χ2n) is 7.80. The maximum Gasteiger partial charge on any atom is 0.527 e. The number of phosphoric acid groups is 1. The van der Waals surface area contributed by atoms with E-state index in [0.29, 0.717) is 34.8 Å². The highest BCUT2D eigenvalue weighted by atomic mass is 31.2. The minimum absolute atomic E-state index is 0.0441. The second-order valence-corrected chi connectivity index (χ2v) is 8.96. The third-order valence-electron chi connectivity index (χ3n) is 5.28. The van der Waals surface area contributed by atoms with Gasteiger partial charge in [-0.25, -0.2) is 9.55 Å². The van der Waals surface area contributed by atoms with Crippen LogP contribution in [-0.4, -0.2) is 50.3 Å². The van der Waals surface area contributed by atoms with Gasteiger partial charge in [-0.2, -0.15) is 0 Å². The number of phosphoric ester groups is 1. The highest BCUT2D eigenvalue weighted by Crippen LogP contribution is 2.44. The van der Waals surface area contributed by atoms with Gasteiger partial charge in [0.15, 0.2) is 0 Å². The summed E-state index contributed by atoms with van der Waals surface area (Å²) in [5.74, 6) is 0.287. The van der Waals surface area contributed by atoms with Gasteiger partial charge in [0.05, 0.1) is 30.4 Å². The van der Waals surface area contributed by atoms with Crippen LogP contribution in [0, 0.1) is 0 Å². The third-order valence-corrected chi connectivity index (χ3v) is 5.68. The summed E-state index contributed by atoms with van der Waals surface area (Å²) in [6, 6.07) is 7.67. The molecule has 11 heteroatoms. The molecule has 2 aromatic carbocycles. The van der Waals surface area contributed by atoms with Crippen LogP contribution in [0.15, 0.2) is 36.5 Å². The zero-order valence-electron chi connectivity index (χ0n) is 19.1. The molecule has 0 saturated heterocycles. The molecule has 10 nitrogen and oxygen atoms in total. The maximum atomic E-state index is 11.6. The summed E-state index contributed by atoms with van der Waals surface area (Å²) in [4.78, 5) is 24.8. The van der Waals surface area contributed by atoms with E-state index in [9.17, 15) is 24.6 Å². The summed E-state index contributed by atoms with van der Waals surface area (Å²) in [5.41, 5.74) is 2.42. The van der Waals surface area contributed by atoms with Gasteiger partial charge in [-0.3, -0.25) is 14.4 Å². The first-order valence-electron chi connectivity index (χ1n) is 10.3. The van der Waals surface area contributed by atoms with Crippen LogP contribution in [0.25, 0.3) is 16.9 Å². The zero-order valence-corrected chi connectivity index (χ0v) is 19.9. The number of methoxy groups -OCH3 is 1. The highest BCUT2D eigenvalue weighted by molar-refractivity contribution is 7.46. The van der Waals surface area contributed by atoms with Crippen LogP contribution in [0.2, 0.25) is 0 Å². The molecule has 0 atom stereocenters. The van der Waals surface area contributed by atoms with E-state index in [1.807, 2.05) is 32.7 Å². The van der Waals surface area contributed by atoms with E-state index in [0.717, 1.165) is 5.69 Å². The van der Waals surface area contributed by atoms with Crippen molar-refractivity contribution in [3.05, 3.63) is 42.1 Å². The number of nitrogens with zero attached hydrogens (tertiary/aromatic N) is 3. The van der Waals surface area contributed by atoms with Crippen LogP contribution >= 0.6 is 7.82 Å². The molecule has 0 spiro atoms. The fraction of sp³-hybridized carbons (Fsp3) is 0.318. The van der Waals surface area contributed by atoms with Crippen molar-refractivity contribution in [2.45, 2.75) is 26.7 Å². The maximum absolute atomic E-state index is 11.6. The van der Waals surface area contributed by atoms with Gasteiger partial charge in [0.2, 0.25) is 0 Å². The summed E-state index contributed by atoms with van der Waals surface area (Å²) >= 11 is 0. The molecule has 3 aromatic rings. The van der Waals surface area contributed by atoms with Crippen LogP contribution in [-0.2, 0) is 4.57 Å². The smallest absolute Gasteiger partial charge is 0.508 e. The molecule has 178 valence electrons. The highest BCUT2D eigenvalue weighted by Gasteiger charge is 2.26. The van der Waals surface area contributed by atoms with Crippen LogP contribution in [0.1, 0.15) is 32.3 Å². The summed E-state index contributed by atoms with van der Waals surface area (Å²) in [5, 5.41) is 20.8. The number of aromatic nitrogens is 2. The fourth-order valence-corrected chi connectivity index (χ4v) is 3.83. The van der Waals surface area contributed by atoms with E-state index in [2.05, 4.69) is 4.98 Å². The van der Waals surface area contributed by atoms with E-state index in [4.69, 9.17) is 9.26 Å². The Kier molecular flexibility index (Phi) is 6.92. The predicted molar refractivity (Wildman–Crippen MR) is 125 cm³/mol. The Hall–Kier alpha value is -3.20. The Morgan fingerprint density at radius 3 is 2.42 bits per heavy atom. The number of phenolic OH excluding ortho intramolecular Hbond substituents is 2. The molecule has 0 aliphatic rings. The van der Waals surface area contributed by atoms with Crippen molar-refractivity contribution < 1.29 is 33.8 Å². The zero-order chi connectivity index (χ0) is 24.5. The lowest BCUT2D eigenvalue weighted by Crippen LogP contribution is -2.17. The number of aromatic hydroxyl groups is 2. The summed E-state index contributed by atoms with van der Waals surface area (Å²) in [6.07, 6.45) is 1.34. The van der Waals surface area contributed by atoms with Gasteiger partial charge in [-0.1, -0.05) is 13.8 Å². The average molecular weight is 477 g/mol. The minimum Gasteiger partial charge on any atom is -0.508 e. The standard InChI is InChI=1S/C22H28N3O7P/c1-6-24(4)17-9-14(7-8-21(17)31-5)25-18(12-23-22(25)32-33(28,29)30)16-10-15(13(2)3)19(26)11-20(16)27/h7-13,26-27H,6H2,1-5H3,(H2,28,29,30). The summed E-state index contributed by atoms with van der Waals surface area (Å²) < 4.78 is 23.3. The number of anilines is 1. The van der Waals surface area contributed by atoms with Crippen molar-refractivity contribution in [3.8, 4) is 40.2 Å². The van der Waals surface area contributed by atoms with Crippen molar-refractivity contribution in [2.75, 3.05) is 25.6 Å². The molecule has 4 N–H and O–H groups in total. The van der Waals surface area contributed by atoms with Crippen molar-refractivity contribution in [1.29, 1.82) is 0 Å². The van der Waals surface area contributed by atoms with Crippen LogP contribution in [0.4, 0.5) is 5.69 Å². The van der Waals surface area contributed by atoms with E-state index < -0.39 is 7.82 Å². The van der Waals surface area contributed by atoms with Gasteiger partial charge in [-0.15, -0.1) is 0 Å². The second kappa shape index (κ2) is 9.35. The van der Waals surface area contributed by atoms with Crippen molar-refractivity contribution >= 4 is 13.5 Å². The van der Waals surface area contributed by atoms with Gasteiger partial charge < -0.3 is 24.4 Å². The first-order chi connectivity index (χ1) is 15.5. The molecule has 0 aliphatic heterocycles. The number of ether oxygens (including phenoxy) is 1. The molecule has 0 bridgehead atoms. The number of hydrogen-bond donors (Lipinski definition) is 4. The Labute approximate surface area is 191 Å². The molecular weight excluding hydrogens is 449 g/mol. The quantitative estimate of drug-likeness (QED) is 0.355. The van der Waals surface area contributed by atoms with Gasteiger partial charge in [0.1, 0.15) is 17.2 Å². The predicted octanol–water partition coefficient (Wildman–Crippen LogP) is 4.01. The molecule has 0 fully saturated rings. The van der Waals surface area contributed by atoms with Crippen LogP contribution in [0.5, 0.6) is 23.3 Å².